The van der Waals surface area contributed by atoms with E-state index in [2.05, 4.69) is 4.98 Å². The quantitative estimate of drug-likeness (QED) is 0.842. The summed E-state index contributed by atoms with van der Waals surface area (Å²) >= 11 is 1.10. The maximum Gasteiger partial charge on any atom is 0.276 e. The van der Waals surface area contributed by atoms with Crippen molar-refractivity contribution in [2.45, 2.75) is 12.8 Å². The SMILES string of the molecule is O=C(NS(=O)(=O)CCCF)c1cnc(-c2ccc3c(c2)CCO3)s1. The fourth-order valence-corrected chi connectivity index (χ4v) is 4.18. The van der Waals surface area contributed by atoms with Crippen molar-refractivity contribution in [1.82, 2.24) is 9.71 Å². The monoisotopic (exact) mass is 370 g/mol. The molecule has 2 heterocycles. The number of carbonyl (C=O) groups excluding carboxylic acids is 1. The Labute approximate surface area is 142 Å². The second kappa shape index (κ2) is 6.86. The second-order valence-corrected chi connectivity index (χ2v) is 8.12. The van der Waals surface area contributed by atoms with Crippen molar-refractivity contribution in [2.75, 3.05) is 19.0 Å². The summed E-state index contributed by atoms with van der Waals surface area (Å²) in [5.41, 5.74) is 1.94. The van der Waals surface area contributed by atoms with E-state index < -0.39 is 28.4 Å². The van der Waals surface area contributed by atoms with E-state index in [1.54, 1.807) is 0 Å². The van der Waals surface area contributed by atoms with E-state index in [1.165, 1.54) is 6.20 Å². The van der Waals surface area contributed by atoms with Crippen LogP contribution in [0, 0.1) is 0 Å². The highest BCUT2D eigenvalue weighted by atomic mass is 32.2. The van der Waals surface area contributed by atoms with Gasteiger partial charge in [0.1, 0.15) is 15.6 Å². The van der Waals surface area contributed by atoms with E-state index >= 15 is 0 Å². The third-order valence-electron chi connectivity index (χ3n) is 3.46. The van der Waals surface area contributed by atoms with Gasteiger partial charge in [0.15, 0.2) is 0 Å². The minimum Gasteiger partial charge on any atom is -0.493 e. The van der Waals surface area contributed by atoms with Gasteiger partial charge in [0, 0.05) is 12.0 Å². The number of fused-ring (bicyclic) bond motifs is 1. The molecule has 1 aliphatic heterocycles. The minimum atomic E-state index is -3.83. The Morgan fingerprint density at radius 2 is 2.25 bits per heavy atom. The van der Waals surface area contributed by atoms with Crippen LogP contribution in [-0.2, 0) is 16.4 Å². The highest BCUT2D eigenvalue weighted by molar-refractivity contribution is 7.90. The Balaban J connectivity index is 1.74. The van der Waals surface area contributed by atoms with Crippen LogP contribution in [0.2, 0.25) is 0 Å². The summed E-state index contributed by atoms with van der Waals surface area (Å²) in [5, 5.41) is 0.621. The van der Waals surface area contributed by atoms with Crippen molar-refractivity contribution >= 4 is 27.3 Å². The number of benzene rings is 1. The number of carbonyl (C=O) groups is 1. The molecule has 9 heteroatoms. The van der Waals surface area contributed by atoms with Crippen molar-refractivity contribution in [1.29, 1.82) is 0 Å². The first-order valence-corrected chi connectivity index (χ1v) is 9.78. The molecule has 1 aromatic heterocycles. The van der Waals surface area contributed by atoms with Gasteiger partial charge >= 0.3 is 0 Å². The van der Waals surface area contributed by atoms with Gasteiger partial charge < -0.3 is 4.74 Å². The molecule has 0 bridgehead atoms. The van der Waals surface area contributed by atoms with Crippen molar-refractivity contribution in [3.8, 4) is 16.3 Å². The molecule has 0 saturated carbocycles. The topological polar surface area (TPSA) is 85.4 Å². The molecule has 3 rings (SSSR count). The van der Waals surface area contributed by atoms with Crippen molar-refractivity contribution < 1.29 is 22.3 Å². The Bertz CT molecular complexity index is 864. The molecule has 0 spiro atoms. The van der Waals surface area contributed by atoms with Gasteiger partial charge in [-0.05, 0) is 30.2 Å². The molecule has 1 amide bonds. The molecular weight excluding hydrogens is 355 g/mol. The second-order valence-electron chi connectivity index (χ2n) is 5.24. The molecule has 0 unspecified atom stereocenters. The van der Waals surface area contributed by atoms with Gasteiger partial charge in [0.25, 0.3) is 5.91 Å². The van der Waals surface area contributed by atoms with Gasteiger partial charge in [-0.15, -0.1) is 11.3 Å². The number of rotatable bonds is 6. The fraction of sp³-hybridized carbons (Fsp3) is 0.333. The average molecular weight is 370 g/mol. The van der Waals surface area contributed by atoms with E-state index in [1.807, 2.05) is 22.9 Å². The van der Waals surface area contributed by atoms with E-state index in [9.17, 15) is 17.6 Å². The molecule has 0 atom stereocenters. The number of thiazole rings is 1. The lowest BCUT2D eigenvalue weighted by molar-refractivity contribution is 0.0985. The number of nitrogens with one attached hydrogen (secondary N) is 1. The maximum atomic E-state index is 12.1. The summed E-state index contributed by atoms with van der Waals surface area (Å²) in [6.07, 6.45) is 2.02. The number of sulfonamides is 1. The highest BCUT2D eigenvalue weighted by Gasteiger charge is 2.19. The summed E-state index contributed by atoms with van der Waals surface area (Å²) in [7, 11) is -3.83. The van der Waals surface area contributed by atoms with Crippen LogP contribution < -0.4 is 9.46 Å². The van der Waals surface area contributed by atoms with Crippen LogP contribution in [-0.4, -0.2) is 38.3 Å². The first kappa shape index (κ1) is 16.8. The molecule has 0 saturated heterocycles. The number of ether oxygens (including phenoxy) is 1. The normalized spacial score (nSPS) is 13.4. The smallest absolute Gasteiger partial charge is 0.276 e. The molecule has 2 aromatic rings. The van der Waals surface area contributed by atoms with E-state index in [4.69, 9.17) is 4.74 Å². The summed E-state index contributed by atoms with van der Waals surface area (Å²) in [5.74, 6) is -0.319. The largest absolute Gasteiger partial charge is 0.493 e. The van der Waals surface area contributed by atoms with Crippen LogP contribution in [0.5, 0.6) is 5.75 Å². The van der Waals surface area contributed by atoms with Gasteiger partial charge in [0.05, 0.1) is 25.2 Å². The zero-order valence-electron chi connectivity index (χ0n) is 12.6. The number of aromatic nitrogens is 1. The third kappa shape index (κ3) is 3.73. The lowest BCUT2D eigenvalue weighted by Gasteiger charge is -2.03. The van der Waals surface area contributed by atoms with E-state index in [0.29, 0.717) is 11.6 Å². The molecule has 1 aromatic carbocycles. The minimum absolute atomic E-state index is 0.145. The molecular formula is C15H15FN2O4S2. The number of amides is 1. The molecule has 128 valence electrons. The standard InChI is InChI=1S/C15H15FN2O4S2/c16-5-1-7-24(20,21)18-14(19)13-9-17-15(23-13)11-2-3-12-10(8-11)4-6-22-12/h2-3,8-9H,1,4-7H2,(H,18,19). The zero-order chi connectivity index (χ0) is 17.2. The van der Waals surface area contributed by atoms with Crippen molar-refractivity contribution in [3.05, 3.63) is 34.8 Å². The number of halogens is 1. The Morgan fingerprint density at radius 3 is 3.04 bits per heavy atom. The van der Waals surface area contributed by atoms with Crippen molar-refractivity contribution in [2.24, 2.45) is 0 Å². The number of alkyl halides is 1. The highest BCUT2D eigenvalue weighted by Crippen LogP contribution is 2.32. The Morgan fingerprint density at radius 1 is 1.42 bits per heavy atom. The summed E-state index contributed by atoms with van der Waals surface area (Å²) in [4.78, 5) is 16.4. The molecule has 0 aliphatic carbocycles. The first-order chi connectivity index (χ1) is 11.5. The third-order valence-corrected chi connectivity index (χ3v) is 5.83. The lowest BCUT2D eigenvalue weighted by atomic mass is 10.1. The molecule has 24 heavy (non-hydrogen) atoms. The van der Waals surface area contributed by atoms with Crippen LogP contribution in [0.3, 0.4) is 0 Å². The van der Waals surface area contributed by atoms with Crippen molar-refractivity contribution in [3.63, 3.8) is 0 Å². The van der Waals surface area contributed by atoms with E-state index in [-0.39, 0.29) is 11.3 Å². The summed E-state index contributed by atoms with van der Waals surface area (Å²) < 4.78 is 42.8. The van der Waals surface area contributed by atoms with Crippen LogP contribution >= 0.6 is 11.3 Å². The molecule has 0 radical (unpaired) electrons. The predicted octanol–water partition coefficient (Wildman–Crippen LogP) is 2.16. The summed E-state index contributed by atoms with van der Waals surface area (Å²) in [6.45, 7) is -0.0943. The average Bonchev–Trinajstić information content (AvgIpc) is 3.20. The van der Waals surface area contributed by atoms with Crippen LogP contribution in [0.4, 0.5) is 4.39 Å². The predicted molar refractivity (Wildman–Crippen MR) is 88.6 cm³/mol. The maximum absolute atomic E-state index is 12.1. The Kier molecular flexibility index (Phi) is 4.81. The number of hydrogen-bond donors (Lipinski definition) is 1. The lowest BCUT2D eigenvalue weighted by Crippen LogP contribution is -2.32. The first-order valence-electron chi connectivity index (χ1n) is 7.31. The van der Waals surface area contributed by atoms with Crippen LogP contribution in [0.25, 0.3) is 10.6 Å². The van der Waals surface area contributed by atoms with Crippen LogP contribution in [0.1, 0.15) is 21.7 Å². The molecule has 1 N–H and O–H groups in total. The van der Waals surface area contributed by atoms with Gasteiger partial charge in [-0.1, -0.05) is 0 Å². The van der Waals surface area contributed by atoms with Gasteiger partial charge in [0.2, 0.25) is 10.0 Å². The Hall–Kier alpha value is -2.00. The summed E-state index contributed by atoms with van der Waals surface area (Å²) in [6, 6.07) is 5.67. The van der Waals surface area contributed by atoms with Gasteiger partial charge in [-0.25, -0.2) is 18.1 Å². The number of hydrogen-bond acceptors (Lipinski definition) is 6. The fourth-order valence-electron chi connectivity index (χ4n) is 2.32. The van der Waals surface area contributed by atoms with Gasteiger partial charge in [-0.2, -0.15) is 0 Å². The van der Waals surface area contributed by atoms with Crippen LogP contribution in [0.15, 0.2) is 24.4 Å². The molecule has 6 nitrogen and oxygen atoms in total. The molecule has 1 aliphatic rings. The van der Waals surface area contributed by atoms with Gasteiger partial charge in [-0.3, -0.25) is 9.18 Å². The van der Waals surface area contributed by atoms with E-state index in [0.717, 1.165) is 34.6 Å². The number of nitrogens with zero attached hydrogens (tertiary/aromatic N) is 1. The zero-order valence-corrected chi connectivity index (χ0v) is 14.3. The molecule has 0 fully saturated rings.